The lowest BCUT2D eigenvalue weighted by Gasteiger charge is -2.35. The van der Waals surface area contributed by atoms with Crippen LogP contribution in [0, 0.1) is 12.7 Å². The second-order valence-corrected chi connectivity index (χ2v) is 16.5. The maximum absolute atomic E-state index is 14.4. The molecule has 0 aliphatic carbocycles. The van der Waals surface area contributed by atoms with Gasteiger partial charge >= 0.3 is 6.03 Å². The van der Waals surface area contributed by atoms with Crippen LogP contribution in [0.1, 0.15) is 67.3 Å². The van der Waals surface area contributed by atoms with Crippen molar-refractivity contribution in [3.05, 3.63) is 70.5 Å². The van der Waals surface area contributed by atoms with E-state index in [2.05, 4.69) is 43.4 Å². The molecule has 3 saturated heterocycles. The van der Waals surface area contributed by atoms with E-state index in [9.17, 15) is 23.6 Å². The van der Waals surface area contributed by atoms with Crippen molar-refractivity contribution in [2.45, 2.75) is 75.6 Å². The number of nitrogen functional groups attached to an aromatic ring is 1. The van der Waals surface area contributed by atoms with Crippen LogP contribution >= 0.6 is 23.4 Å². The third kappa shape index (κ3) is 10.4. The molecule has 15 heteroatoms. The average molecular weight is 807 g/mol. The molecule has 3 aliphatic heterocycles. The molecule has 0 bridgehead atoms. The molecule has 0 radical (unpaired) electrons. The molecule has 3 aliphatic rings. The van der Waals surface area contributed by atoms with Crippen molar-refractivity contribution in [1.29, 1.82) is 0 Å². The number of rotatable bonds is 16. The molecule has 0 aromatic heterocycles. The summed E-state index contributed by atoms with van der Waals surface area (Å²) in [5, 5.41) is 15.4. The molecule has 300 valence electrons. The Hall–Kier alpha value is -4.53. The maximum Gasteiger partial charge on any atom is 0.315 e. The number of nitrogens with one attached hydrogen (secondary N) is 5. The quantitative estimate of drug-likeness (QED) is 0.0553. The highest BCUT2D eigenvalue weighted by atomic mass is 35.5. The summed E-state index contributed by atoms with van der Waals surface area (Å²) in [5.41, 5.74) is 9.82. The third-order valence-electron chi connectivity index (χ3n) is 10.8. The molecular formula is C41H52ClFN8O4S. The standard InChI is InChI=1S/C41H52ClFN8O4S/c1-25-37(42)29(23-30(44)38(25)43)40(54)47-31-22-27(13-16-33(31)51-20-18-50(2)19-21-51)26-11-14-28(15-12-26)46-36(53)10-4-3-7-17-45-35(52)9-6-5-8-34-39-32(24-56-34)48-41(55)49-39/h11-16,22-23,32,34,39H,3-10,17-21,24,44H2,1-2H3,(H,45,52)(H,46,53)(H,47,54)(H2,48,49,55)/t32-,34-,39-/m0/s1. The summed E-state index contributed by atoms with van der Waals surface area (Å²) in [4.78, 5) is 54.5. The number of carbonyl (C=O) groups excluding carboxylic acids is 4. The van der Waals surface area contributed by atoms with Crippen molar-refractivity contribution in [3.8, 4) is 11.1 Å². The van der Waals surface area contributed by atoms with E-state index in [0.717, 1.165) is 87.3 Å². The van der Waals surface area contributed by atoms with Crippen LogP contribution in [0.5, 0.6) is 0 Å². The van der Waals surface area contributed by atoms with E-state index in [1.807, 2.05) is 54.2 Å². The van der Waals surface area contributed by atoms with Gasteiger partial charge in [0, 0.05) is 67.8 Å². The van der Waals surface area contributed by atoms with Gasteiger partial charge in [0.2, 0.25) is 11.8 Å². The van der Waals surface area contributed by atoms with Crippen LogP contribution in [0.25, 0.3) is 11.1 Å². The normalized spacial score (nSPS) is 19.2. The fourth-order valence-electron chi connectivity index (χ4n) is 7.44. The molecule has 7 N–H and O–H groups in total. The summed E-state index contributed by atoms with van der Waals surface area (Å²) >= 11 is 8.29. The number of fused-ring (bicyclic) bond motifs is 1. The van der Waals surface area contributed by atoms with Gasteiger partial charge in [0.15, 0.2) is 5.82 Å². The molecule has 3 fully saturated rings. The van der Waals surface area contributed by atoms with Crippen LogP contribution in [0.15, 0.2) is 48.5 Å². The van der Waals surface area contributed by atoms with Gasteiger partial charge in [-0.3, -0.25) is 14.4 Å². The number of halogens is 2. The predicted octanol–water partition coefficient (Wildman–Crippen LogP) is 6.38. The zero-order chi connectivity index (χ0) is 39.8. The van der Waals surface area contributed by atoms with E-state index in [1.54, 1.807) is 0 Å². The molecular weight excluding hydrogens is 755 g/mol. The lowest BCUT2D eigenvalue weighted by Crippen LogP contribution is -2.44. The van der Waals surface area contributed by atoms with Crippen molar-refractivity contribution in [2.24, 2.45) is 0 Å². The maximum atomic E-state index is 14.4. The number of unbranched alkanes of at least 4 members (excludes halogenated alkanes) is 3. The molecule has 3 atom stereocenters. The van der Waals surface area contributed by atoms with Gasteiger partial charge < -0.3 is 42.1 Å². The lowest BCUT2D eigenvalue weighted by molar-refractivity contribution is -0.121. The van der Waals surface area contributed by atoms with Gasteiger partial charge in [0.25, 0.3) is 5.91 Å². The highest BCUT2D eigenvalue weighted by Crippen LogP contribution is 2.35. The minimum atomic E-state index is -0.639. The van der Waals surface area contributed by atoms with Crippen molar-refractivity contribution >= 4 is 69.9 Å². The highest BCUT2D eigenvalue weighted by molar-refractivity contribution is 8.00. The number of piperazine rings is 1. The Balaban J connectivity index is 0.943. The van der Waals surface area contributed by atoms with Crippen LogP contribution in [0.3, 0.4) is 0 Å². The van der Waals surface area contributed by atoms with E-state index in [-0.39, 0.29) is 51.8 Å². The summed E-state index contributed by atoms with van der Waals surface area (Å²) < 4.78 is 14.4. The minimum absolute atomic E-state index is 0.0173. The van der Waals surface area contributed by atoms with Gasteiger partial charge in [0.1, 0.15) is 0 Å². The number of anilines is 4. The van der Waals surface area contributed by atoms with Crippen molar-refractivity contribution in [2.75, 3.05) is 66.8 Å². The first-order valence-corrected chi connectivity index (χ1v) is 20.9. The van der Waals surface area contributed by atoms with E-state index in [4.69, 9.17) is 17.3 Å². The van der Waals surface area contributed by atoms with E-state index in [1.165, 1.54) is 13.0 Å². The summed E-state index contributed by atoms with van der Waals surface area (Å²) in [6.45, 7) is 5.42. The monoisotopic (exact) mass is 806 g/mol. The number of benzene rings is 3. The van der Waals surface area contributed by atoms with Gasteiger partial charge in [-0.1, -0.05) is 42.6 Å². The second kappa shape index (κ2) is 19.1. The number of carbonyl (C=O) groups is 4. The summed E-state index contributed by atoms with van der Waals surface area (Å²) in [6, 6.07) is 15.1. The minimum Gasteiger partial charge on any atom is -0.396 e. The topological polar surface area (TPSA) is 161 Å². The van der Waals surface area contributed by atoms with Gasteiger partial charge in [-0.15, -0.1) is 0 Å². The SMILES string of the molecule is Cc1c(F)c(N)cc(C(=O)Nc2cc(-c3ccc(NC(=O)CCCCCNC(=O)CCCC[C@@H]4SC[C@@H]5NC(=O)N[C@@H]54)cc3)ccc2N2CCN(C)CC2)c1Cl. The molecule has 3 aromatic carbocycles. The van der Waals surface area contributed by atoms with Gasteiger partial charge in [-0.2, -0.15) is 11.8 Å². The first kappa shape index (κ1) is 41.1. The van der Waals surface area contributed by atoms with E-state index in [0.29, 0.717) is 36.0 Å². The van der Waals surface area contributed by atoms with Gasteiger partial charge in [0.05, 0.1) is 39.7 Å². The summed E-state index contributed by atoms with van der Waals surface area (Å²) in [6.07, 6.45) is 6.02. The smallest absolute Gasteiger partial charge is 0.315 e. The Morgan fingerprint density at radius 2 is 1.62 bits per heavy atom. The largest absolute Gasteiger partial charge is 0.396 e. The number of nitrogens with zero attached hydrogens (tertiary/aromatic N) is 2. The lowest BCUT2D eigenvalue weighted by atomic mass is 10.0. The summed E-state index contributed by atoms with van der Waals surface area (Å²) in [5.74, 6) is -0.196. The molecule has 5 amide bonds. The fourth-order valence-corrected chi connectivity index (χ4v) is 9.20. The molecule has 0 unspecified atom stereocenters. The van der Waals surface area contributed by atoms with Crippen LogP contribution in [0.2, 0.25) is 5.02 Å². The van der Waals surface area contributed by atoms with Gasteiger partial charge in [-0.25, -0.2) is 9.18 Å². The average Bonchev–Trinajstić information content (AvgIpc) is 3.74. The Labute approximate surface area is 337 Å². The highest BCUT2D eigenvalue weighted by Gasteiger charge is 2.42. The number of urea groups is 1. The van der Waals surface area contributed by atoms with Crippen LogP contribution in [0.4, 0.5) is 31.9 Å². The van der Waals surface area contributed by atoms with E-state index >= 15 is 0 Å². The summed E-state index contributed by atoms with van der Waals surface area (Å²) in [7, 11) is 2.08. The number of thioether (sulfide) groups is 1. The number of nitrogens with two attached hydrogens (primary N) is 1. The van der Waals surface area contributed by atoms with Crippen molar-refractivity contribution in [1.82, 2.24) is 20.9 Å². The molecule has 56 heavy (non-hydrogen) atoms. The van der Waals surface area contributed by atoms with Crippen LogP contribution in [-0.2, 0) is 9.59 Å². The first-order chi connectivity index (χ1) is 27.0. The third-order valence-corrected chi connectivity index (χ3v) is 12.8. The molecule has 3 heterocycles. The Morgan fingerprint density at radius 3 is 2.39 bits per heavy atom. The zero-order valence-electron chi connectivity index (χ0n) is 32.0. The Morgan fingerprint density at radius 1 is 0.911 bits per heavy atom. The van der Waals surface area contributed by atoms with Crippen molar-refractivity contribution < 1.29 is 23.6 Å². The number of hydrogen-bond donors (Lipinski definition) is 6. The molecule has 0 spiro atoms. The molecule has 12 nitrogen and oxygen atoms in total. The molecule has 6 rings (SSSR count). The van der Waals surface area contributed by atoms with Crippen LogP contribution in [-0.4, -0.2) is 91.5 Å². The van der Waals surface area contributed by atoms with Crippen LogP contribution < -0.4 is 37.2 Å². The number of hydrogen-bond acceptors (Lipinski definition) is 8. The zero-order valence-corrected chi connectivity index (χ0v) is 33.6. The number of likely N-dealkylation sites (N-methyl/N-ethyl adjacent to an activating group) is 1. The molecule has 3 aromatic rings. The Bertz CT molecular complexity index is 1910. The van der Waals surface area contributed by atoms with Crippen molar-refractivity contribution in [3.63, 3.8) is 0 Å². The number of amides is 5. The second-order valence-electron chi connectivity index (χ2n) is 14.9. The Kier molecular flexibility index (Phi) is 14.0. The first-order valence-electron chi connectivity index (χ1n) is 19.5. The predicted molar refractivity (Wildman–Crippen MR) is 224 cm³/mol. The fraction of sp³-hybridized carbons (Fsp3) is 0.463. The van der Waals surface area contributed by atoms with E-state index < -0.39 is 11.7 Å². The van der Waals surface area contributed by atoms with Gasteiger partial charge in [-0.05, 0) is 81.1 Å². The molecule has 0 saturated carbocycles.